The second-order valence-electron chi connectivity index (χ2n) is 10.8. The Labute approximate surface area is 226 Å². The van der Waals surface area contributed by atoms with Crippen LogP contribution in [0, 0.1) is 0 Å². The van der Waals surface area contributed by atoms with Gasteiger partial charge < -0.3 is 0 Å². The summed E-state index contributed by atoms with van der Waals surface area (Å²) in [4.78, 5) is 4.83. The lowest BCUT2D eigenvalue weighted by molar-refractivity contribution is 0.660. The third kappa shape index (κ3) is 3.07. The van der Waals surface area contributed by atoms with Gasteiger partial charge >= 0.3 is 0 Å². The zero-order valence-corrected chi connectivity index (χ0v) is 22.1. The molecule has 0 bridgehead atoms. The van der Waals surface area contributed by atoms with E-state index in [9.17, 15) is 0 Å². The van der Waals surface area contributed by atoms with Crippen molar-refractivity contribution in [3.8, 4) is 33.4 Å². The molecule has 0 aliphatic heterocycles. The highest BCUT2D eigenvalue weighted by Crippen LogP contribution is 2.49. The fourth-order valence-electron chi connectivity index (χ4n) is 6.35. The summed E-state index contributed by atoms with van der Waals surface area (Å²) in [7, 11) is 0. The number of hydrogen-bond acceptors (Lipinski definition) is 2. The lowest BCUT2D eigenvalue weighted by atomic mass is 9.82. The van der Waals surface area contributed by atoms with Gasteiger partial charge in [-0.1, -0.05) is 105 Å². The van der Waals surface area contributed by atoms with Crippen LogP contribution in [0.1, 0.15) is 25.0 Å². The van der Waals surface area contributed by atoms with Gasteiger partial charge in [-0.25, -0.2) is 0 Å². The number of hydrogen-bond donors (Lipinski definition) is 0. The summed E-state index contributed by atoms with van der Waals surface area (Å²) in [5.41, 5.74) is 11.5. The molecule has 0 atom stereocenters. The second-order valence-corrected chi connectivity index (χ2v) is 11.9. The van der Waals surface area contributed by atoms with Crippen LogP contribution in [0.4, 0.5) is 0 Å². The molecule has 0 N–H and O–H groups in total. The van der Waals surface area contributed by atoms with Gasteiger partial charge in [0.25, 0.3) is 0 Å². The highest BCUT2D eigenvalue weighted by Gasteiger charge is 2.35. The first-order chi connectivity index (χ1) is 18.6. The van der Waals surface area contributed by atoms with Crippen molar-refractivity contribution in [3.05, 3.63) is 127 Å². The zero-order valence-electron chi connectivity index (χ0n) is 21.3. The zero-order chi connectivity index (χ0) is 25.4. The summed E-state index contributed by atoms with van der Waals surface area (Å²) in [5.74, 6) is 0. The molecule has 1 nitrogen and oxygen atoms in total. The smallest absolute Gasteiger partial charge is 0.0715 e. The fourth-order valence-corrected chi connectivity index (χ4v) is 7.44. The maximum absolute atomic E-state index is 4.83. The first-order valence-corrected chi connectivity index (χ1v) is 13.9. The second kappa shape index (κ2) is 7.86. The number of rotatable bonds is 2. The summed E-state index contributed by atoms with van der Waals surface area (Å²) >= 11 is 1.82. The molecule has 0 saturated heterocycles. The van der Waals surface area contributed by atoms with Crippen molar-refractivity contribution in [2.45, 2.75) is 19.3 Å². The van der Waals surface area contributed by atoms with Crippen molar-refractivity contribution < 1.29 is 0 Å². The lowest BCUT2D eigenvalue weighted by Crippen LogP contribution is -2.14. The monoisotopic (exact) mass is 503 g/mol. The van der Waals surface area contributed by atoms with E-state index in [4.69, 9.17) is 4.98 Å². The fraction of sp³-hybridized carbons (Fsp3) is 0.0833. The van der Waals surface area contributed by atoms with Crippen molar-refractivity contribution in [2.75, 3.05) is 0 Å². The standard InChI is InChI=1S/C36H25NS/c1-36(2)30-9-5-3-7-26(30)29-19-24(16-18-31(29)36)22-11-13-23(14-12-22)25-15-17-27-32(20-25)37-21-34-35(27)28-8-4-6-10-33(28)38-34/h3-21H,1-2H3. The van der Waals surface area contributed by atoms with E-state index in [1.54, 1.807) is 0 Å². The maximum Gasteiger partial charge on any atom is 0.0715 e. The Morgan fingerprint density at radius 1 is 0.553 bits per heavy atom. The Bertz CT molecular complexity index is 2040. The summed E-state index contributed by atoms with van der Waals surface area (Å²) < 4.78 is 2.56. The number of nitrogens with zero attached hydrogens (tertiary/aromatic N) is 1. The molecule has 0 fully saturated rings. The molecule has 0 unspecified atom stereocenters. The third-order valence-electron chi connectivity index (χ3n) is 8.35. The average Bonchev–Trinajstić information content (AvgIpc) is 3.46. The molecule has 1 aliphatic rings. The number of aromatic nitrogens is 1. The largest absolute Gasteiger partial charge is 0.255 e. The Morgan fingerprint density at radius 3 is 2.05 bits per heavy atom. The molecule has 38 heavy (non-hydrogen) atoms. The molecule has 8 rings (SSSR count). The molecule has 0 radical (unpaired) electrons. The van der Waals surface area contributed by atoms with Gasteiger partial charge in [-0.05, 0) is 62.7 Å². The first-order valence-electron chi connectivity index (χ1n) is 13.1. The average molecular weight is 504 g/mol. The van der Waals surface area contributed by atoms with Crippen LogP contribution >= 0.6 is 11.3 Å². The first kappa shape index (κ1) is 21.8. The Kier molecular flexibility index (Phi) is 4.51. The summed E-state index contributed by atoms with van der Waals surface area (Å²) in [5, 5.41) is 3.86. The SMILES string of the molecule is CC1(C)c2ccccc2-c2cc(-c3ccc(-c4ccc5c(c4)ncc4sc6ccccc6c45)cc3)ccc21. The molecule has 0 saturated carbocycles. The Hall–Kier alpha value is -4.27. The van der Waals surface area contributed by atoms with E-state index in [1.165, 1.54) is 70.1 Å². The van der Waals surface area contributed by atoms with Gasteiger partial charge in [0.15, 0.2) is 0 Å². The van der Waals surface area contributed by atoms with Gasteiger partial charge in [-0.2, -0.15) is 0 Å². The van der Waals surface area contributed by atoms with Gasteiger partial charge in [0.2, 0.25) is 0 Å². The molecule has 0 spiro atoms. The quantitative estimate of drug-likeness (QED) is 0.229. The van der Waals surface area contributed by atoms with Crippen LogP contribution in [0.15, 0.2) is 115 Å². The molecule has 2 aromatic heterocycles. The van der Waals surface area contributed by atoms with Crippen LogP contribution in [-0.4, -0.2) is 4.98 Å². The van der Waals surface area contributed by atoms with Crippen LogP contribution in [0.25, 0.3) is 64.5 Å². The van der Waals surface area contributed by atoms with E-state index in [-0.39, 0.29) is 5.41 Å². The molecule has 0 amide bonds. The van der Waals surface area contributed by atoms with Crippen molar-refractivity contribution in [3.63, 3.8) is 0 Å². The Morgan fingerprint density at radius 2 is 1.21 bits per heavy atom. The molecular formula is C36H25NS. The van der Waals surface area contributed by atoms with E-state index >= 15 is 0 Å². The van der Waals surface area contributed by atoms with Crippen LogP contribution < -0.4 is 0 Å². The molecule has 2 heterocycles. The van der Waals surface area contributed by atoms with E-state index < -0.39 is 0 Å². The molecule has 2 heteroatoms. The number of pyridine rings is 1. The van der Waals surface area contributed by atoms with Gasteiger partial charge in [0.1, 0.15) is 0 Å². The lowest BCUT2D eigenvalue weighted by Gasteiger charge is -2.21. The van der Waals surface area contributed by atoms with E-state index in [0.29, 0.717) is 0 Å². The number of thiophene rings is 1. The number of fused-ring (bicyclic) bond motifs is 8. The topological polar surface area (TPSA) is 12.9 Å². The molecular weight excluding hydrogens is 478 g/mol. The van der Waals surface area contributed by atoms with Gasteiger partial charge in [-0.3, -0.25) is 4.98 Å². The van der Waals surface area contributed by atoms with Crippen LogP contribution in [0.5, 0.6) is 0 Å². The molecule has 5 aromatic carbocycles. The van der Waals surface area contributed by atoms with Crippen molar-refractivity contribution in [2.24, 2.45) is 0 Å². The third-order valence-corrected chi connectivity index (χ3v) is 9.45. The van der Waals surface area contributed by atoms with Gasteiger partial charge in [-0.15, -0.1) is 11.3 Å². The maximum atomic E-state index is 4.83. The van der Waals surface area contributed by atoms with Gasteiger partial charge in [0, 0.05) is 32.5 Å². The minimum absolute atomic E-state index is 0.0410. The van der Waals surface area contributed by atoms with Crippen LogP contribution in [0.2, 0.25) is 0 Å². The van der Waals surface area contributed by atoms with Crippen molar-refractivity contribution >= 4 is 42.4 Å². The van der Waals surface area contributed by atoms with Crippen LogP contribution in [0.3, 0.4) is 0 Å². The number of benzene rings is 5. The minimum Gasteiger partial charge on any atom is -0.255 e. The van der Waals surface area contributed by atoms with Crippen molar-refractivity contribution in [1.29, 1.82) is 0 Å². The molecule has 180 valence electrons. The van der Waals surface area contributed by atoms with E-state index in [2.05, 4.69) is 123 Å². The molecule has 1 aliphatic carbocycles. The summed E-state index contributed by atoms with van der Waals surface area (Å²) in [6.07, 6.45) is 2.03. The highest BCUT2D eigenvalue weighted by atomic mass is 32.1. The summed E-state index contributed by atoms with van der Waals surface area (Å²) in [6, 6.07) is 40.1. The Balaban J connectivity index is 1.18. The van der Waals surface area contributed by atoms with Crippen LogP contribution in [-0.2, 0) is 5.41 Å². The van der Waals surface area contributed by atoms with E-state index in [1.807, 2.05) is 17.5 Å². The van der Waals surface area contributed by atoms with E-state index in [0.717, 1.165) is 5.52 Å². The predicted octanol–water partition coefficient (Wildman–Crippen LogP) is 10.2. The summed E-state index contributed by atoms with van der Waals surface area (Å²) in [6.45, 7) is 4.66. The molecule has 7 aromatic rings. The normalized spacial score (nSPS) is 13.7. The van der Waals surface area contributed by atoms with Gasteiger partial charge in [0.05, 0.1) is 10.2 Å². The predicted molar refractivity (Wildman–Crippen MR) is 163 cm³/mol. The highest BCUT2D eigenvalue weighted by molar-refractivity contribution is 7.26. The minimum atomic E-state index is 0.0410. The van der Waals surface area contributed by atoms with Crippen molar-refractivity contribution in [1.82, 2.24) is 4.98 Å².